The Hall–Kier alpha value is -5.53. The van der Waals surface area contributed by atoms with Crippen molar-refractivity contribution in [1.29, 1.82) is 0 Å². The second-order valence-electron chi connectivity index (χ2n) is 15.6. The van der Waals surface area contributed by atoms with Crippen LogP contribution in [0.5, 0.6) is 0 Å². The molecule has 2 aromatic carbocycles. The van der Waals surface area contributed by atoms with Gasteiger partial charge in [-0.2, -0.15) is 0 Å². The first-order valence-electron chi connectivity index (χ1n) is 17.9. The second kappa shape index (κ2) is 15.6. The largest absolute Gasteiger partial charge is 0.444 e. The second-order valence-corrected chi connectivity index (χ2v) is 15.6. The van der Waals surface area contributed by atoms with E-state index in [1.807, 2.05) is 54.7 Å². The van der Waals surface area contributed by atoms with Crippen molar-refractivity contribution in [2.24, 2.45) is 0 Å². The summed E-state index contributed by atoms with van der Waals surface area (Å²) < 4.78 is 11.1. The van der Waals surface area contributed by atoms with E-state index in [2.05, 4.69) is 31.2 Å². The van der Waals surface area contributed by atoms with Gasteiger partial charge in [0.2, 0.25) is 17.7 Å². The number of para-hydroxylation sites is 2. The molecule has 5 amide bonds. The van der Waals surface area contributed by atoms with Crippen molar-refractivity contribution in [3.05, 3.63) is 72.1 Å². The summed E-state index contributed by atoms with van der Waals surface area (Å²) in [5.41, 5.74) is 0.350. The van der Waals surface area contributed by atoms with E-state index in [1.54, 1.807) is 47.7 Å². The number of piperidine rings is 1. The quantitative estimate of drug-likeness (QED) is 0.127. The fourth-order valence-corrected chi connectivity index (χ4v) is 6.51. The first-order valence-corrected chi connectivity index (χ1v) is 17.9. The SMILES string of the molecule is CC(=O)N[C@@H](Cc1c[nH]c2ccccc12)NC(=O)[C@@H](Cc1c[nH]c2ccccc12)NC(=O)C1(NC(=O)OC(C)(C)C)CCN(C(=O)OC(C)(C)C)CC1. The molecular weight excluding hydrogens is 678 g/mol. The number of nitrogens with one attached hydrogen (secondary N) is 6. The molecule has 4 aromatic rings. The maximum absolute atomic E-state index is 14.5. The molecule has 53 heavy (non-hydrogen) atoms. The van der Waals surface area contributed by atoms with E-state index in [0.717, 1.165) is 32.9 Å². The van der Waals surface area contributed by atoms with Gasteiger partial charge in [0.25, 0.3) is 0 Å². The number of nitrogens with zero attached hydrogens (tertiary/aromatic N) is 1. The Morgan fingerprint density at radius 2 is 1.28 bits per heavy atom. The lowest BCUT2D eigenvalue weighted by molar-refractivity contribution is -0.134. The highest BCUT2D eigenvalue weighted by molar-refractivity contribution is 5.95. The highest BCUT2D eigenvalue weighted by atomic mass is 16.6. The molecule has 2 atom stereocenters. The van der Waals surface area contributed by atoms with Crippen LogP contribution >= 0.6 is 0 Å². The number of ether oxygens (including phenoxy) is 2. The molecule has 1 aliphatic heterocycles. The minimum atomic E-state index is -1.53. The molecule has 0 spiro atoms. The monoisotopic (exact) mass is 729 g/mol. The van der Waals surface area contributed by atoms with Gasteiger partial charge in [0.15, 0.2) is 0 Å². The zero-order valence-electron chi connectivity index (χ0n) is 31.5. The van der Waals surface area contributed by atoms with E-state index in [-0.39, 0.29) is 44.7 Å². The van der Waals surface area contributed by atoms with Gasteiger partial charge in [0.05, 0.1) is 0 Å². The van der Waals surface area contributed by atoms with Gasteiger partial charge in [-0.25, -0.2) is 9.59 Å². The number of aromatic amines is 2. The minimum absolute atomic E-state index is 0.0355. The number of carbonyl (C=O) groups is 5. The van der Waals surface area contributed by atoms with E-state index in [9.17, 15) is 24.0 Å². The summed E-state index contributed by atoms with van der Waals surface area (Å²) in [7, 11) is 0. The highest BCUT2D eigenvalue weighted by Crippen LogP contribution is 2.27. The molecule has 0 saturated carbocycles. The van der Waals surface area contributed by atoms with E-state index in [4.69, 9.17) is 9.47 Å². The van der Waals surface area contributed by atoms with Crippen LogP contribution in [0.2, 0.25) is 0 Å². The topological polar surface area (TPSA) is 187 Å². The highest BCUT2D eigenvalue weighted by Gasteiger charge is 2.46. The van der Waals surface area contributed by atoms with Gasteiger partial charge < -0.3 is 45.6 Å². The van der Waals surface area contributed by atoms with Crippen molar-refractivity contribution in [1.82, 2.24) is 36.1 Å². The predicted molar refractivity (Wildman–Crippen MR) is 201 cm³/mol. The molecule has 1 aliphatic rings. The molecule has 3 heterocycles. The van der Waals surface area contributed by atoms with E-state index in [1.165, 1.54) is 11.8 Å². The standard InChI is InChI=1S/C39H51N7O7/c1-24(47)42-32(21-26-23-41-30-15-11-9-13-28(26)30)44-33(48)31(20-25-22-40-29-14-10-8-12-27(25)29)43-34(49)39(45-35(50)52-37(2,3)4)16-18-46(19-17-39)36(51)53-38(5,6)7/h8-15,22-23,31-32,40-41H,16-21H2,1-7H3,(H,42,47)(H,43,49)(H,44,48)(H,45,50)/t31-,32-/m1/s1. The van der Waals surface area contributed by atoms with Crippen molar-refractivity contribution in [3.63, 3.8) is 0 Å². The van der Waals surface area contributed by atoms with Crippen LogP contribution in [-0.2, 0) is 36.7 Å². The van der Waals surface area contributed by atoms with Crippen LogP contribution in [0.3, 0.4) is 0 Å². The van der Waals surface area contributed by atoms with Gasteiger partial charge in [-0.05, 0) is 77.6 Å². The van der Waals surface area contributed by atoms with Gasteiger partial charge in [-0.15, -0.1) is 0 Å². The number of H-pyrrole nitrogens is 2. The van der Waals surface area contributed by atoms with Gasteiger partial charge in [-0.3, -0.25) is 14.4 Å². The lowest BCUT2D eigenvalue weighted by Gasteiger charge is -2.41. The predicted octanol–water partition coefficient (Wildman–Crippen LogP) is 4.79. The van der Waals surface area contributed by atoms with Gasteiger partial charge in [-0.1, -0.05) is 36.4 Å². The van der Waals surface area contributed by atoms with E-state index in [0.29, 0.717) is 0 Å². The number of aromatic nitrogens is 2. The number of benzene rings is 2. The van der Waals surface area contributed by atoms with Crippen LogP contribution in [0.25, 0.3) is 21.8 Å². The molecule has 2 aromatic heterocycles. The number of fused-ring (bicyclic) bond motifs is 2. The summed E-state index contributed by atoms with van der Waals surface area (Å²) in [5.74, 6) is -1.50. The first kappa shape index (κ1) is 38.7. The molecule has 5 rings (SSSR count). The summed E-state index contributed by atoms with van der Waals surface area (Å²) in [6.07, 6.45) is 1.92. The molecule has 284 valence electrons. The average Bonchev–Trinajstić information content (AvgIpc) is 3.66. The maximum atomic E-state index is 14.5. The average molecular weight is 730 g/mol. The summed E-state index contributed by atoms with van der Waals surface area (Å²) >= 11 is 0. The third-order valence-corrected chi connectivity index (χ3v) is 8.96. The summed E-state index contributed by atoms with van der Waals surface area (Å²) in [5, 5.41) is 13.4. The summed E-state index contributed by atoms with van der Waals surface area (Å²) in [4.78, 5) is 75.3. The molecule has 0 radical (unpaired) electrons. The van der Waals surface area contributed by atoms with E-state index >= 15 is 0 Å². The molecule has 14 heteroatoms. The molecule has 6 N–H and O–H groups in total. The van der Waals surface area contributed by atoms with Crippen LogP contribution in [0.1, 0.15) is 72.4 Å². The van der Waals surface area contributed by atoms with Crippen LogP contribution in [-0.4, -0.2) is 86.8 Å². The number of hydrogen-bond donors (Lipinski definition) is 6. The smallest absolute Gasteiger partial charge is 0.410 e. The Morgan fingerprint density at radius 1 is 0.755 bits per heavy atom. The fourth-order valence-electron chi connectivity index (χ4n) is 6.51. The molecule has 1 fully saturated rings. The van der Waals surface area contributed by atoms with Crippen molar-refractivity contribution >= 4 is 51.7 Å². The number of carbonyl (C=O) groups excluding carboxylic acids is 5. The molecule has 0 aliphatic carbocycles. The molecule has 0 unspecified atom stereocenters. The Balaban J connectivity index is 1.43. The molecule has 14 nitrogen and oxygen atoms in total. The molecule has 1 saturated heterocycles. The Kier molecular flexibility index (Phi) is 11.4. The zero-order chi connectivity index (χ0) is 38.6. The van der Waals surface area contributed by atoms with Crippen molar-refractivity contribution in [2.45, 2.75) is 103 Å². The molecular formula is C39H51N7O7. The zero-order valence-corrected chi connectivity index (χ0v) is 31.5. The third-order valence-electron chi connectivity index (χ3n) is 8.96. The van der Waals surface area contributed by atoms with Gasteiger partial charge in [0, 0.05) is 67.1 Å². The number of hydrogen-bond acceptors (Lipinski definition) is 7. The Labute approximate surface area is 309 Å². The normalized spacial score (nSPS) is 15.6. The lowest BCUT2D eigenvalue weighted by atomic mass is 9.86. The lowest BCUT2D eigenvalue weighted by Crippen LogP contribution is -2.66. The number of likely N-dealkylation sites (tertiary alicyclic amines) is 1. The summed E-state index contributed by atoms with van der Waals surface area (Å²) in [6, 6.07) is 14.2. The van der Waals surface area contributed by atoms with Crippen molar-refractivity contribution in [2.75, 3.05) is 13.1 Å². The van der Waals surface area contributed by atoms with Gasteiger partial charge in [0.1, 0.15) is 28.9 Å². The van der Waals surface area contributed by atoms with Crippen molar-refractivity contribution < 1.29 is 33.4 Å². The van der Waals surface area contributed by atoms with Crippen LogP contribution in [0, 0.1) is 0 Å². The minimum Gasteiger partial charge on any atom is -0.444 e. The first-order chi connectivity index (χ1) is 24.9. The Morgan fingerprint density at radius 3 is 1.81 bits per heavy atom. The fraction of sp³-hybridized carbons (Fsp3) is 0.462. The maximum Gasteiger partial charge on any atom is 0.410 e. The number of amides is 5. The van der Waals surface area contributed by atoms with Crippen LogP contribution < -0.4 is 21.3 Å². The van der Waals surface area contributed by atoms with Gasteiger partial charge >= 0.3 is 12.2 Å². The van der Waals surface area contributed by atoms with Crippen LogP contribution in [0.4, 0.5) is 9.59 Å². The number of alkyl carbamates (subject to hydrolysis) is 1. The summed E-state index contributed by atoms with van der Waals surface area (Å²) in [6.45, 7) is 12.0. The third kappa shape index (κ3) is 10.1. The van der Waals surface area contributed by atoms with E-state index < -0.39 is 52.9 Å². The molecule has 0 bridgehead atoms. The Bertz CT molecular complexity index is 1960. The van der Waals surface area contributed by atoms with Crippen LogP contribution in [0.15, 0.2) is 60.9 Å². The van der Waals surface area contributed by atoms with Crippen molar-refractivity contribution in [3.8, 4) is 0 Å². The number of rotatable bonds is 10.